The third-order valence-corrected chi connectivity index (χ3v) is 3.59. The van der Waals surface area contributed by atoms with Gasteiger partial charge in [0.1, 0.15) is 0 Å². The normalized spacial score (nSPS) is 18.2. The molecule has 112 valence electrons. The molecule has 1 aromatic rings. The lowest BCUT2D eigenvalue weighted by Crippen LogP contribution is -2.43. The Hall–Kier alpha value is -2.08. The van der Waals surface area contributed by atoms with Crippen molar-refractivity contribution in [2.24, 2.45) is 0 Å². The van der Waals surface area contributed by atoms with Gasteiger partial charge in [0.15, 0.2) is 0 Å². The van der Waals surface area contributed by atoms with E-state index in [1.165, 1.54) is 0 Å². The topological polar surface area (TPSA) is 70.7 Å². The summed E-state index contributed by atoms with van der Waals surface area (Å²) in [7, 11) is 0. The second kappa shape index (κ2) is 6.13. The van der Waals surface area contributed by atoms with E-state index >= 15 is 0 Å². The SMILES string of the molecule is O=C(NC1CC1)c1cccc(NC(=O)N2CCOCC2)c1. The van der Waals surface area contributed by atoms with Gasteiger partial charge in [-0.2, -0.15) is 0 Å². The average molecular weight is 289 g/mol. The van der Waals surface area contributed by atoms with Crippen LogP contribution in [0.15, 0.2) is 24.3 Å². The van der Waals surface area contributed by atoms with E-state index in [0.29, 0.717) is 43.6 Å². The summed E-state index contributed by atoms with van der Waals surface area (Å²) in [5.41, 5.74) is 1.21. The molecule has 6 nitrogen and oxygen atoms in total. The standard InChI is InChI=1S/C15H19N3O3/c19-14(16-12-4-5-12)11-2-1-3-13(10-11)17-15(20)18-6-8-21-9-7-18/h1-3,10,12H,4-9H2,(H,16,19)(H,17,20). The molecule has 1 aromatic carbocycles. The van der Waals surface area contributed by atoms with Crippen LogP contribution in [0.4, 0.5) is 10.5 Å². The number of benzene rings is 1. The summed E-state index contributed by atoms with van der Waals surface area (Å²) < 4.78 is 5.22. The van der Waals surface area contributed by atoms with Crippen LogP contribution in [0.2, 0.25) is 0 Å². The molecule has 1 heterocycles. The Balaban J connectivity index is 1.61. The summed E-state index contributed by atoms with van der Waals surface area (Å²) in [5, 5.41) is 5.76. The number of rotatable bonds is 3. The molecule has 0 bridgehead atoms. The van der Waals surface area contributed by atoms with Gasteiger partial charge in [0, 0.05) is 30.4 Å². The van der Waals surface area contributed by atoms with Gasteiger partial charge in [0.2, 0.25) is 0 Å². The van der Waals surface area contributed by atoms with Gasteiger partial charge in [-0.1, -0.05) is 6.07 Å². The highest BCUT2D eigenvalue weighted by Gasteiger charge is 2.24. The van der Waals surface area contributed by atoms with Crippen LogP contribution in [0.25, 0.3) is 0 Å². The Labute approximate surface area is 123 Å². The molecule has 2 aliphatic rings. The molecule has 3 rings (SSSR count). The number of hydrogen-bond acceptors (Lipinski definition) is 3. The number of nitrogens with zero attached hydrogens (tertiary/aromatic N) is 1. The molecule has 0 aromatic heterocycles. The number of ether oxygens (including phenoxy) is 1. The van der Waals surface area contributed by atoms with E-state index in [9.17, 15) is 9.59 Å². The quantitative estimate of drug-likeness (QED) is 0.884. The van der Waals surface area contributed by atoms with Gasteiger partial charge in [-0.25, -0.2) is 4.79 Å². The highest BCUT2D eigenvalue weighted by atomic mass is 16.5. The molecule has 1 saturated carbocycles. The molecule has 2 N–H and O–H groups in total. The predicted molar refractivity (Wildman–Crippen MR) is 78.3 cm³/mol. The number of carbonyl (C=O) groups excluding carboxylic acids is 2. The van der Waals surface area contributed by atoms with E-state index in [2.05, 4.69) is 10.6 Å². The third kappa shape index (κ3) is 3.72. The van der Waals surface area contributed by atoms with E-state index in [1.807, 2.05) is 0 Å². The fourth-order valence-corrected chi connectivity index (χ4v) is 2.20. The maximum Gasteiger partial charge on any atom is 0.321 e. The molecule has 1 saturated heterocycles. The molecule has 0 atom stereocenters. The fraction of sp³-hybridized carbons (Fsp3) is 0.467. The van der Waals surface area contributed by atoms with Gasteiger partial charge >= 0.3 is 6.03 Å². The minimum absolute atomic E-state index is 0.0834. The summed E-state index contributed by atoms with van der Waals surface area (Å²) in [6.45, 7) is 2.32. The van der Waals surface area contributed by atoms with Crippen molar-refractivity contribution < 1.29 is 14.3 Å². The number of anilines is 1. The number of carbonyl (C=O) groups is 2. The predicted octanol–water partition coefficient (Wildman–Crippen LogP) is 1.44. The lowest BCUT2D eigenvalue weighted by Gasteiger charge is -2.27. The molecule has 0 spiro atoms. The highest BCUT2D eigenvalue weighted by Crippen LogP contribution is 2.20. The van der Waals surface area contributed by atoms with Crippen molar-refractivity contribution in [2.45, 2.75) is 18.9 Å². The van der Waals surface area contributed by atoms with Crippen LogP contribution >= 0.6 is 0 Å². The summed E-state index contributed by atoms with van der Waals surface area (Å²) in [6, 6.07) is 7.18. The van der Waals surface area contributed by atoms with Crippen LogP contribution < -0.4 is 10.6 Å². The van der Waals surface area contributed by atoms with Gasteiger partial charge in [0.05, 0.1) is 13.2 Å². The maximum atomic E-state index is 12.1. The van der Waals surface area contributed by atoms with Crippen LogP contribution in [0, 0.1) is 0 Å². The molecule has 1 aliphatic carbocycles. The van der Waals surface area contributed by atoms with Crippen LogP contribution in [0.1, 0.15) is 23.2 Å². The van der Waals surface area contributed by atoms with Crippen molar-refractivity contribution in [2.75, 3.05) is 31.6 Å². The Morgan fingerprint density at radius 3 is 2.67 bits per heavy atom. The minimum Gasteiger partial charge on any atom is -0.378 e. The zero-order valence-electron chi connectivity index (χ0n) is 11.8. The Morgan fingerprint density at radius 2 is 1.95 bits per heavy atom. The lowest BCUT2D eigenvalue weighted by molar-refractivity contribution is 0.0564. The first-order chi connectivity index (χ1) is 10.2. The van der Waals surface area contributed by atoms with E-state index in [1.54, 1.807) is 29.2 Å². The monoisotopic (exact) mass is 289 g/mol. The fourth-order valence-electron chi connectivity index (χ4n) is 2.20. The lowest BCUT2D eigenvalue weighted by atomic mass is 10.2. The molecule has 3 amide bonds. The number of hydrogen-bond donors (Lipinski definition) is 2. The van der Waals surface area contributed by atoms with Crippen molar-refractivity contribution in [3.05, 3.63) is 29.8 Å². The largest absolute Gasteiger partial charge is 0.378 e. The Morgan fingerprint density at radius 1 is 1.19 bits per heavy atom. The van der Waals surface area contributed by atoms with Gasteiger partial charge in [0.25, 0.3) is 5.91 Å². The summed E-state index contributed by atoms with van der Waals surface area (Å²) in [5.74, 6) is -0.0834. The smallest absolute Gasteiger partial charge is 0.321 e. The van der Waals surface area contributed by atoms with E-state index < -0.39 is 0 Å². The second-order valence-corrected chi connectivity index (χ2v) is 5.36. The van der Waals surface area contributed by atoms with Gasteiger partial charge in [-0.3, -0.25) is 4.79 Å². The van der Waals surface area contributed by atoms with E-state index in [0.717, 1.165) is 12.8 Å². The molecule has 0 radical (unpaired) electrons. The molecular weight excluding hydrogens is 270 g/mol. The summed E-state index contributed by atoms with van der Waals surface area (Å²) in [4.78, 5) is 25.8. The second-order valence-electron chi connectivity index (χ2n) is 5.36. The van der Waals surface area contributed by atoms with Crippen molar-refractivity contribution in [3.8, 4) is 0 Å². The van der Waals surface area contributed by atoms with Gasteiger partial charge < -0.3 is 20.3 Å². The number of amides is 3. The molecule has 0 unspecified atom stereocenters. The first-order valence-corrected chi connectivity index (χ1v) is 7.27. The van der Waals surface area contributed by atoms with Gasteiger partial charge in [-0.15, -0.1) is 0 Å². The number of urea groups is 1. The minimum atomic E-state index is -0.155. The first-order valence-electron chi connectivity index (χ1n) is 7.27. The zero-order chi connectivity index (χ0) is 14.7. The van der Waals surface area contributed by atoms with Crippen LogP contribution in [-0.4, -0.2) is 49.2 Å². The molecule has 6 heteroatoms. The number of morpholine rings is 1. The van der Waals surface area contributed by atoms with Crippen LogP contribution in [0.3, 0.4) is 0 Å². The van der Waals surface area contributed by atoms with Crippen LogP contribution in [0.5, 0.6) is 0 Å². The summed E-state index contributed by atoms with van der Waals surface area (Å²) >= 11 is 0. The van der Waals surface area contributed by atoms with E-state index in [-0.39, 0.29) is 11.9 Å². The average Bonchev–Trinajstić information content (AvgIpc) is 3.32. The first kappa shape index (κ1) is 13.9. The van der Waals surface area contributed by atoms with Crippen molar-refractivity contribution in [1.29, 1.82) is 0 Å². The third-order valence-electron chi connectivity index (χ3n) is 3.59. The summed E-state index contributed by atoms with van der Waals surface area (Å²) in [6.07, 6.45) is 2.11. The van der Waals surface area contributed by atoms with Crippen molar-refractivity contribution >= 4 is 17.6 Å². The Bertz CT molecular complexity index is 537. The zero-order valence-corrected chi connectivity index (χ0v) is 11.8. The van der Waals surface area contributed by atoms with E-state index in [4.69, 9.17) is 4.74 Å². The van der Waals surface area contributed by atoms with Gasteiger partial charge in [-0.05, 0) is 31.0 Å². The number of nitrogens with one attached hydrogen (secondary N) is 2. The molecule has 21 heavy (non-hydrogen) atoms. The maximum absolute atomic E-state index is 12.1. The Kier molecular flexibility index (Phi) is 4.06. The van der Waals surface area contributed by atoms with Crippen LogP contribution in [-0.2, 0) is 4.74 Å². The molecule has 1 aliphatic heterocycles. The molecular formula is C15H19N3O3. The molecule has 2 fully saturated rings. The van der Waals surface area contributed by atoms with Crippen molar-refractivity contribution in [3.63, 3.8) is 0 Å². The highest BCUT2D eigenvalue weighted by molar-refractivity contribution is 5.97. The van der Waals surface area contributed by atoms with Crippen molar-refractivity contribution in [1.82, 2.24) is 10.2 Å².